The van der Waals surface area contributed by atoms with Crippen molar-refractivity contribution in [2.75, 3.05) is 6.61 Å². The van der Waals surface area contributed by atoms with Crippen LogP contribution >= 0.6 is 0 Å². The van der Waals surface area contributed by atoms with E-state index in [1.807, 2.05) is 12.1 Å². The summed E-state index contributed by atoms with van der Waals surface area (Å²) in [5.41, 5.74) is -0.616. The lowest BCUT2D eigenvalue weighted by atomic mass is 9.82. The Kier molecular flexibility index (Phi) is 4.57. The molecule has 0 heterocycles. The molecule has 22 heavy (non-hydrogen) atoms. The van der Waals surface area contributed by atoms with Gasteiger partial charge in [-0.1, -0.05) is 48.5 Å². The molecular formula is C18H16FNO2. The molecule has 0 fully saturated rings. The van der Waals surface area contributed by atoms with Gasteiger partial charge >= 0.3 is 5.97 Å². The Morgan fingerprint density at radius 1 is 1.23 bits per heavy atom. The second-order valence-electron chi connectivity index (χ2n) is 4.99. The Balaban J connectivity index is 2.58. The molecule has 0 N–H and O–H groups in total. The van der Waals surface area contributed by atoms with Crippen molar-refractivity contribution in [2.24, 2.45) is 0 Å². The van der Waals surface area contributed by atoms with E-state index >= 15 is 0 Å². The monoisotopic (exact) mass is 297 g/mol. The highest BCUT2D eigenvalue weighted by Crippen LogP contribution is 2.32. The summed E-state index contributed by atoms with van der Waals surface area (Å²) in [5, 5.41) is 9.40. The van der Waals surface area contributed by atoms with Crippen molar-refractivity contribution in [3.05, 3.63) is 59.9 Å². The highest BCUT2D eigenvalue weighted by atomic mass is 19.1. The van der Waals surface area contributed by atoms with E-state index in [0.29, 0.717) is 11.1 Å². The molecule has 0 spiro atoms. The number of carbonyl (C=O) groups excluding carboxylic acids is 1. The fourth-order valence-corrected chi connectivity index (χ4v) is 2.25. The third-order valence-electron chi connectivity index (χ3n) is 3.53. The number of nitrogens with zero attached hydrogens (tertiary/aromatic N) is 1. The predicted molar refractivity (Wildman–Crippen MR) is 81.4 cm³/mol. The molecule has 0 aliphatic carbocycles. The normalized spacial score (nSPS) is 13.0. The molecule has 4 heteroatoms. The second-order valence-corrected chi connectivity index (χ2v) is 4.99. The molecule has 3 nitrogen and oxygen atoms in total. The summed E-state index contributed by atoms with van der Waals surface area (Å²) in [6.07, 6.45) is 0. The maximum atomic E-state index is 14.9. The van der Waals surface area contributed by atoms with Crippen LogP contribution in [-0.2, 0) is 14.9 Å². The fraction of sp³-hybridized carbons (Fsp3) is 0.222. The number of esters is 1. The Morgan fingerprint density at radius 3 is 2.50 bits per heavy atom. The molecule has 0 aromatic heterocycles. The maximum absolute atomic E-state index is 14.9. The summed E-state index contributed by atoms with van der Waals surface area (Å²) >= 11 is 0. The van der Waals surface area contributed by atoms with Crippen LogP contribution in [0.3, 0.4) is 0 Å². The standard InChI is InChI=1S/C18H16FNO2/c1-3-22-17(21)18(2,12-20)15-11-7-10-14(16(15)19)13-8-5-4-6-9-13/h4-11H,3H2,1-2H3. The van der Waals surface area contributed by atoms with Crippen LogP contribution in [0.25, 0.3) is 11.1 Å². The summed E-state index contributed by atoms with van der Waals surface area (Å²) < 4.78 is 19.8. The van der Waals surface area contributed by atoms with Gasteiger partial charge in [-0.15, -0.1) is 0 Å². The first-order valence-electron chi connectivity index (χ1n) is 6.97. The highest BCUT2D eigenvalue weighted by Gasteiger charge is 2.40. The number of benzene rings is 2. The fourth-order valence-electron chi connectivity index (χ4n) is 2.25. The molecule has 0 bridgehead atoms. The third kappa shape index (κ3) is 2.71. The molecule has 0 aliphatic rings. The topological polar surface area (TPSA) is 50.1 Å². The van der Waals surface area contributed by atoms with Gasteiger partial charge in [0.15, 0.2) is 5.41 Å². The number of ether oxygens (including phenoxy) is 1. The number of nitriles is 1. The molecule has 0 saturated carbocycles. The first-order chi connectivity index (χ1) is 10.5. The summed E-state index contributed by atoms with van der Waals surface area (Å²) in [5.74, 6) is -1.33. The average molecular weight is 297 g/mol. The van der Waals surface area contributed by atoms with Crippen molar-refractivity contribution in [3.63, 3.8) is 0 Å². The van der Waals surface area contributed by atoms with Crippen molar-refractivity contribution >= 4 is 5.97 Å². The molecular weight excluding hydrogens is 281 g/mol. The Bertz CT molecular complexity index is 722. The lowest BCUT2D eigenvalue weighted by Crippen LogP contribution is -2.34. The first-order valence-corrected chi connectivity index (χ1v) is 6.97. The van der Waals surface area contributed by atoms with Gasteiger partial charge < -0.3 is 4.74 Å². The lowest BCUT2D eigenvalue weighted by molar-refractivity contribution is -0.147. The molecule has 0 aliphatic heterocycles. The van der Waals surface area contributed by atoms with E-state index in [4.69, 9.17) is 4.74 Å². The van der Waals surface area contributed by atoms with Crippen molar-refractivity contribution in [1.29, 1.82) is 5.26 Å². The molecule has 2 rings (SSSR count). The number of carbonyl (C=O) groups is 1. The minimum Gasteiger partial charge on any atom is -0.465 e. The van der Waals surface area contributed by atoms with E-state index in [1.54, 1.807) is 43.3 Å². The molecule has 0 saturated heterocycles. The van der Waals surface area contributed by atoms with Gasteiger partial charge in [0, 0.05) is 11.1 Å². The molecule has 1 atom stereocenters. The van der Waals surface area contributed by atoms with Crippen molar-refractivity contribution in [1.82, 2.24) is 0 Å². The Hall–Kier alpha value is -2.67. The summed E-state index contributed by atoms with van der Waals surface area (Å²) in [6, 6.07) is 15.6. The van der Waals surface area contributed by atoms with Gasteiger partial charge in [0.05, 0.1) is 12.7 Å². The summed E-state index contributed by atoms with van der Waals surface area (Å²) in [7, 11) is 0. The van der Waals surface area contributed by atoms with Crippen LogP contribution in [0.4, 0.5) is 4.39 Å². The van der Waals surface area contributed by atoms with E-state index in [9.17, 15) is 14.4 Å². The minimum absolute atomic E-state index is 0.0230. The lowest BCUT2D eigenvalue weighted by Gasteiger charge is -2.21. The Labute approximate surface area is 129 Å². The van der Waals surface area contributed by atoms with Crippen LogP contribution < -0.4 is 0 Å². The van der Waals surface area contributed by atoms with Crippen LogP contribution in [-0.4, -0.2) is 12.6 Å². The molecule has 0 radical (unpaired) electrons. The maximum Gasteiger partial charge on any atom is 0.330 e. The number of rotatable bonds is 4. The zero-order valence-electron chi connectivity index (χ0n) is 12.5. The molecule has 0 amide bonds. The van der Waals surface area contributed by atoms with E-state index in [2.05, 4.69) is 0 Å². The number of hydrogen-bond acceptors (Lipinski definition) is 3. The number of halogens is 1. The van der Waals surface area contributed by atoms with Gasteiger partial charge in [0.2, 0.25) is 0 Å². The molecule has 2 aromatic carbocycles. The van der Waals surface area contributed by atoms with E-state index in [-0.39, 0.29) is 12.2 Å². The zero-order valence-corrected chi connectivity index (χ0v) is 12.5. The average Bonchev–Trinajstić information content (AvgIpc) is 2.55. The first kappa shape index (κ1) is 15.7. The van der Waals surface area contributed by atoms with Gasteiger partial charge in [-0.05, 0) is 19.4 Å². The molecule has 2 aromatic rings. The third-order valence-corrected chi connectivity index (χ3v) is 3.53. The van der Waals surface area contributed by atoms with Crippen LogP contribution in [0.5, 0.6) is 0 Å². The zero-order chi connectivity index (χ0) is 16.2. The van der Waals surface area contributed by atoms with Crippen molar-refractivity contribution in [2.45, 2.75) is 19.3 Å². The van der Waals surface area contributed by atoms with Crippen LogP contribution in [0.1, 0.15) is 19.4 Å². The molecule has 112 valence electrons. The minimum atomic E-state index is -1.68. The highest BCUT2D eigenvalue weighted by molar-refractivity contribution is 5.87. The summed E-state index contributed by atoms with van der Waals surface area (Å²) in [6.45, 7) is 3.15. The largest absolute Gasteiger partial charge is 0.465 e. The van der Waals surface area contributed by atoms with E-state index < -0.39 is 17.2 Å². The number of hydrogen-bond donors (Lipinski definition) is 0. The van der Waals surface area contributed by atoms with Crippen molar-refractivity contribution < 1.29 is 13.9 Å². The second kappa shape index (κ2) is 6.40. The Morgan fingerprint density at radius 2 is 1.91 bits per heavy atom. The smallest absolute Gasteiger partial charge is 0.330 e. The van der Waals surface area contributed by atoms with E-state index in [1.165, 1.54) is 13.0 Å². The SMILES string of the molecule is CCOC(=O)C(C)(C#N)c1cccc(-c2ccccc2)c1F. The summed E-state index contributed by atoms with van der Waals surface area (Å²) in [4.78, 5) is 12.1. The van der Waals surface area contributed by atoms with Gasteiger partial charge in [-0.2, -0.15) is 5.26 Å². The van der Waals surface area contributed by atoms with Gasteiger partial charge in [-0.25, -0.2) is 9.18 Å². The van der Waals surface area contributed by atoms with Gasteiger partial charge in [-0.3, -0.25) is 0 Å². The van der Waals surface area contributed by atoms with Crippen LogP contribution in [0.2, 0.25) is 0 Å². The predicted octanol–water partition coefficient (Wildman–Crippen LogP) is 3.84. The van der Waals surface area contributed by atoms with E-state index in [0.717, 1.165) is 0 Å². The van der Waals surface area contributed by atoms with Gasteiger partial charge in [0.25, 0.3) is 0 Å². The molecule has 1 unspecified atom stereocenters. The van der Waals surface area contributed by atoms with Gasteiger partial charge in [0.1, 0.15) is 5.82 Å². The van der Waals surface area contributed by atoms with Crippen LogP contribution in [0.15, 0.2) is 48.5 Å². The van der Waals surface area contributed by atoms with Crippen LogP contribution in [0, 0.1) is 17.1 Å². The quantitative estimate of drug-likeness (QED) is 0.806. The van der Waals surface area contributed by atoms with Crippen molar-refractivity contribution in [3.8, 4) is 17.2 Å².